The SMILES string of the molecule is CCC1CNCC2(CC(C)OC(C)C2)O1. The molecule has 3 nitrogen and oxygen atoms in total. The van der Waals surface area contributed by atoms with Crippen molar-refractivity contribution in [3.8, 4) is 0 Å². The van der Waals surface area contributed by atoms with Gasteiger partial charge in [0.25, 0.3) is 0 Å². The second kappa shape index (κ2) is 4.40. The normalized spacial score (nSPS) is 47.0. The largest absolute Gasteiger partial charge is 0.375 e. The lowest BCUT2D eigenvalue weighted by Crippen LogP contribution is -2.58. The first-order valence-electron chi connectivity index (χ1n) is 6.17. The maximum absolute atomic E-state index is 6.26. The van der Waals surface area contributed by atoms with Crippen molar-refractivity contribution in [2.24, 2.45) is 0 Å². The smallest absolute Gasteiger partial charge is 0.0859 e. The lowest BCUT2D eigenvalue weighted by molar-refractivity contribution is -0.193. The van der Waals surface area contributed by atoms with Crippen LogP contribution in [0, 0.1) is 0 Å². The Morgan fingerprint density at radius 2 is 1.93 bits per heavy atom. The summed E-state index contributed by atoms with van der Waals surface area (Å²) in [6.07, 6.45) is 4.19. The Kier molecular flexibility index (Phi) is 3.33. The van der Waals surface area contributed by atoms with E-state index in [1.807, 2.05) is 0 Å². The topological polar surface area (TPSA) is 30.5 Å². The third kappa shape index (κ3) is 2.52. The van der Waals surface area contributed by atoms with Gasteiger partial charge in [0.15, 0.2) is 0 Å². The molecule has 2 aliphatic heterocycles. The molecule has 1 spiro atoms. The Morgan fingerprint density at radius 3 is 2.53 bits per heavy atom. The molecule has 2 aliphatic rings. The summed E-state index contributed by atoms with van der Waals surface area (Å²) in [7, 11) is 0. The molecule has 2 heterocycles. The Balaban J connectivity index is 2.04. The van der Waals surface area contributed by atoms with Crippen molar-refractivity contribution in [3.63, 3.8) is 0 Å². The van der Waals surface area contributed by atoms with E-state index in [0.29, 0.717) is 18.3 Å². The van der Waals surface area contributed by atoms with Crippen LogP contribution in [-0.4, -0.2) is 37.0 Å². The highest BCUT2D eigenvalue weighted by atomic mass is 16.5. The lowest BCUT2D eigenvalue weighted by Gasteiger charge is -2.47. The van der Waals surface area contributed by atoms with E-state index in [-0.39, 0.29) is 5.60 Å². The van der Waals surface area contributed by atoms with Gasteiger partial charge in [-0.25, -0.2) is 0 Å². The van der Waals surface area contributed by atoms with Crippen molar-refractivity contribution in [2.45, 2.75) is 63.9 Å². The van der Waals surface area contributed by atoms with E-state index in [1.54, 1.807) is 0 Å². The zero-order valence-electron chi connectivity index (χ0n) is 10.1. The third-order valence-electron chi connectivity index (χ3n) is 3.47. The fourth-order valence-corrected chi connectivity index (χ4v) is 2.99. The van der Waals surface area contributed by atoms with Crippen LogP contribution >= 0.6 is 0 Å². The van der Waals surface area contributed by atoms with E-state index in [1.165, 1.54) is 0 Å². The number of morpholine rings is 1. The summed E-state index contributed by atoms with van der Waals surface area (Å²) in [6.45, 7) is 8.48. The number of hydrogen-bond donors (Lipinski definition) is 1. The van der Waals surface area contributed by atoms with Gasteiger partial charge in [-0.15, -0.1) is 0 Å². The van der Waals surface area contributed by atoms with E-state index in [0.717, 1.165) is 32.4 Å². The Labute approximate surface area is 92.5 Å². The van der Waals surface area contributed by atoms with Crippen molar-refractivity contribution < 1.29 is 9.47 Å². The first kappa shape index (κ1) is 11.4. The second-order valence-electron chi connectivity index (χ2n) is 5.13. The molecule has 0 radical (unpaired) electrons. The first-order chi connectivity index (χ1) is 7.13. The molecule has 3 atom stereocenters. The van der Waals surface area contributed by atoms with Crippen LogP contribution in [0.25, 0.3) is 0 Å². The molecular formula is C12H23NO2. The minimum atomic E-state index is 0.0377. The summed E-state index contributed by atoms with van der Waals surface area (Å²) in [4.78, 5) is 0. The summed E-state index contributed by atoms with van der Waals surface area (Å²) < 4.78 is 12.0. The average Bonchev–Trinajstić information content (AvgIpc) is 2.15. The van der Waals surface area contributed by atoms with Crippen LogP contribution in [0.3, 0.4) is 0 Å². The molecule has 0 aliphatic carbocycles. The van der Waals surface area contributed by atoms with Gasteiger partial charge in [0, 0.05) is 25.9 Å². The van der Waals surface area contributed by atoms with E-state index in [4.69, 9.17) is 9.47 Å². The molecule has 1 N–H and O–H groups in total. The second-order valence-corrected chi connectivity index (χ2v) is 5.13. The van der Waals surface area contributed by atoms with Crippen LogP contribution in [0.2, 0.25) is 0 Å². The van der Waals surface area contributed by atoms with E-state index in [2.05, 4.69) is 26.1 Å². The van der Waals surface area contributed by atoms with Gasteiger partial charge in [-0.1, -0.05) is 6.92 Å². The monoisotopic (exact) mass is 213 g/mol. The Hall–Kier alpha value is -0.120. The maximum Gasteiger partial charge on any atom is 0.0859 e. The zero-order valence-corrected chi connectivity index (χ0v) is 10.1. The van der Waals surface area contributed by atoms with Crippen LogP contribution in [0.4, 0.5) is 0 Å². The van der Waals surface area contributed by atoms with Gasteiger partial charge < -0.3 is 14.8 Å². The van der Waals surface area contributed by atoms with Crippen molar-refractivity contribution in [1.82, 2.24) is 5.32 Å². The molecule has 0 bridgehead atoms. The number of ether oxygens (including phenoxy) is 2. The van der Waals surface area contributed by atoms with Crippen LogP contribution in [0.1, 0.15) is 40.0 Å². The number of hydrogen-bond acceptors (Lipinski definition) is 3. The minimum Gasteiger partial charge on any atom is -0.375 e. The number of rotatable bonds is 1. The van der Waals surface area contributed by atoms with Crippen LogP contribution in [-0.2, 0) is 9.47 Å². The summed E-state index contributed by atoms with van der Waals surface area (Å²) in [5, 5.41) is 3.51. The first-order valence-corrected chi connectivity index (χ1v) is 6.17. The molecular weight excluding hydrogens is 190 g/mol. The van der Waals surface area contributed by atoms with Gasteiger partial charge in [-0.3, -0.25) is 0 Å². The predicted octanol–water partition coefficient (Wildman–Crippen LogP) is 1.71. The van der Waals surface area contributed by atoms with E-state index >= 15 is 0 Å². The molecule has 88 valence electrons. The summed E-state index contributed by atoms with van der Waals surface area (Å²) >= 11 is 0. The minimum absolute atomic E-state index is 0.0377. The van der Waals surface area contributed by atoms with Gasteiger partial charge in [-0.2, -0.15) is 0 Å². The third-order valence-corrected chi connectivity index (χ3v) is 3.47. The average molecular weight is 213 g/mol. The quantitative estimate of drug-likeness (QED) is 0.719. The maximum atomic E-state index is 6.26. The molecule has 0 aromatic rings. The molecule has 0 saturated carbocycles. The molecule has 2 fully saturated rings. The number of nitrogens with one attached hydrogen (secondary N) is 1. The fourth-order valence-electron chi connectivity index (χ4n) is 2.99. The predicted molar refractivity (Wildman–Crippen MR) is 60.0 cm³/mol. The van der Waals surface area contributed by atoms with Crippen molar-refractivity contribution in [2.75, 3.05) is 13.1 Å². The fraction of sp³-hybridized carbons (Fsp3) is 1.00. The molecule has 15 heavy (non-hydrogen) atoms. The summed E-state index contributed by atoms with van der Waals surface area (Å²) in [5.41, 5.74) is 0.0377. The van der Waals surface area contributed by atoms with Crippen molar-refractivity contribution in [3.05, 3.63) is 0 Å². The molecule has 0 aromatic carbocycles. The highest BCUT2D eigenvalue weighted by molar-refractivity contribution is 4.94. The zero-order chi connectivity index (χ0) is 10.9. The van der Waals surface area contributed by atoms with Gasteiger partial charge in [0.2, 0.25) is 0 Å². The van der Waals surface area contributed by atoms with E-state index in [9.17, 15) is 0 Å². The van der Waals surface area contributed by atoms with Crippen molar-refractivity contribution >= 4 is 0 Å². The highest BCUT2D eigenvalue weighted by Crippen LogP contribution is 2.34. The van der Waals surface area contributed by atoms with Gasteiger partial charge in [0.05, 0.1) is 23.9 Å². The molecule has 3 unspecified atom stereocenters. The Bertz CT molecular complexity index is 210. The Morgan fingerprint density at radius 1 is 1.27 bits per heavy atom. The highest BCUT2D eigenvalue weighted by Gasteiger charge is 2.42. The molecule has 0 aromatic heterocycles. The van der Waals surface area contributed by atoms with Crippen LogP contribution in [0.5, 0.6) is 0 Å². The lowest BCUT2D eigenvalue weighted by atomic mass is 9.86. The van der Waals surface area contributed by atoms with Crippen LogP contribution < -0.4 is 5.32 Å². The van der Waals surface area contributed by atoms with Gasteiger partial charge in [-0.05, 0) is 20.3 Å². The molecule has 3 heteroatoms. The molecule has 0 amide bonds. The molecule has 2 rings (SSSR count). The van der Waals surface area contributed by atoms with Crippen LogP contribution in [0.15, 0.2) is 0 Å². The standard InChI is InChI=1S/C12H23NO2/c1-4-11-7-13-8-12(15-11)5-9(2)14-10(3)6-12/h9-11,13H,4-8H2,1-3H3. The van der Waals surface area contributed by atoms with E-state index < -0.39 is 0 Å². The summed E-state index contributed by atoms with van der Waals surface area (Å²) in [6, 6.07) is 0. The summed E-state index contributed by atoms with van der Waals surface area (Å²) in [5.74, 6) is 0. The molecule has 2 saturated heterocycles. The van der Waals surface area contributed by atoms with Crippen molar-refractivity contribution in [1.29, 1.82) is 0 Å². The van der Waals surface area contributed by atoms with Gasteiger partial charge >= 0.3 is 0 Å². The van der Waals surface area contributed by atoms with Gasteiger partial charge in [0.1, 0.15) is 0 Å².